The summed E-state index contributed by atoms with van der Waals surface area (Å²) in [6.45, 7) is 3.83. The number of nitrogens with zero attached hydrogens (tertiary/aromatic N) is 3. The molecule has 0 aliphatic carbocycles. The van der Waals surface area contributed by atoms with Gasteiger partial charge >= 0.3 is 0 Å². The maximum atomic E-state index is 12.8. The Bertz CT molecular complexity index is 1150. The Labute approximate surface area is 163 Å². The van der Waals surface area contributed by atoms with Crippen molar-refractivity contribution in [2.45, 2.75) is 25.8 Å². The number of hydrogen-bond acceptors (Lipinski definition) is 4. The van der Waals surface area contributed by atoms with Crippen molar-refractivity contribution < 1.29 is 9.53 Å². The lowest BCUT2D eigenvalue weighted by Gasteiger charge is -2.17. The molecule has 2 heterocycles. The summed E-state index contributed by atoms with van der Waals surface area (Å²) in [5.74, 6) is 1.20. The van der Waals surface area contributed by atoms with Crippen LogP contribution in [0.5, 0.6) is 5.75 Å². The summed E-state index contributed by atoms with van der Waals surface area (Å²) in [4.78, 5) is 12.8. The number of aromatic nitrogens is 3. The van der Waals surface area contributed by atoms with E-state index in [4.69, 9.17) is 4.74 Å². The summed E-state index contributed by atoms with van der Waals surface area (Å²) >= 11 is 0. The van der Waals surface area contributed by atoms with Crippen LogP contribution in [-0.2, 0) is 4.79 Å². The third kappa shape index (κ3) is 3.29. The molecule has 6 nitrogen and oxygen atoms in total. The molecule has 142 valence electrons. The first kappa shape index (κ1) is 18.0. The van der Waals surface area contributed by atoms with Crippen molar-refractivity contribution in [1.82, 2.24) is 19.9 Å². The van der Waals surface area contributed by atoms with E-state index in [1.165, 1.54) is 0 Å². The van der Waals surface area contributed by atoms with E-state index in [1.807, 2.05) is 73.0 Å². The summed E-state index contributed by atoms with van der Waals surface area (Å²) in [5.41, 5.74) is 1.73. The molecule has 0 bridgehead atoms. The molecule has 0 unspecified atom stereocenters. The summed E-state index contributed by atoms with van der Waals surface area (Å²) in [7, 11) is 1.65. The van der Waals surface area contributed by atoms with E-state index in [2.05, 4.69) is 21.6 Å². The van der Waals surface area contributed by atoms with Gasteiger partial charge in [0.1, 0.15) is 5.75 Å². The summed E-state index contributed by atoms with van der Waals surface area (Å²) in [6, 6.07) is 17.4. The van der Waals surface area contributed by atoms with Crippen molar-refractivity contribution in [2.75, 3.05) is 7.11 Å². The Morgan fingerprint density at radius 3 is 2.64 bits per heavy atom. The fraction of sp³-hybridized carbons (Fsp3) is 0.227. The number of fused-ring (bicyclic) bond motifs is 2. The van der Waals surface area contributed by atoms with Crippen LogP contribution in [0.4, 0.5) is 0 Å². The van der Waals surface area contributed by atoms with E-state index < -0.39 is 0 Å². The number of hydrogen-bond donors (Lipinski definition) is 1. The van der Waals surface area contributed by atoms with Gasteiger partial charge in [0.25, 0.3) is 0 Å². The molecule has 0 fully saturated rings. The molecule has 0 saturated heterocycles. The maximum Gasteiger partial charge on any atom is 0.227 e. The Balaban J connectivity index is 1.53. The molecule has 0 spiro atoms. The highest BCUT2D eigenvalue weighted by atomic mass is 16.5. The molecule has 0 saturated carbocycles. The molecule has 28 heavy (non-hydrogen) atoms. The molecule has 1 amide bonds. The van der Waals surface area contributed by atoms with Crippen molar-refractivity contribution >= 4 is 22.3 Å². The SMILES string of the molecule is COc1ccc2cc([C@@H](C)C(=O)N[C@H](C)c3nnc4ccccn34)ccc2c1. The summed E-state index contributed by atoms with van der Waals surface area (Å²) < 4.78 is 7.16. The molecule has 6 heteroatoms. The minimum absolute atomic E-state index is 0.0481. The fourth-order valence-electron chi connectivity index (χ4n) is 3.35. The van der Waals surface area contributed by atoms with Gasteiger partial charge in [-0.2, -0.15) is 0 Å². The lowest BCUT2D eigenvalue weighted by atomic mass is 9.96. The van der Waals surface area contributed by atoms with E-state index in [0.29, 0.717) is 5.82 Å². The first-order chi connectivity index (χ1) is 13.6. The van der Waals surface area contributed by atoms with Crippen LogP contribution >= 0.6 is 0 Å². The second-order valence-electron chi connectivity index (χ2n) is 6.91. The number of ether oxygens (including phenoxy) is 1. The first-order valence-electron chi connectivity index (χ1n) is 9.24. The molecule has 0 aliphatic heterocycles. The monoisotopic (exact) mass is 374 g/mol. The van der Waals surface area contributed by atoms with E-state index in [-0.39, 0.29) is 17.9 Å². The number of pyridine rings is 1. The van der Waals surface area contributed by atoms with Gasteiger partial charge in [0, 0.05) is 6.20 Å². The van der Waals surface area contributed by atoms with Gasteiger partial charge in [0.15, 0.2) is 11.5 Å². The molecule has 4 aromatic rings. The average Bonchev–Trinajstić information content (AvgIpc) is 3.16. The number of benzene rings is 2. The van der Waals surface area contributed by atoms with Crippen molar-refractivity contribution in [3.8, 4) is 5.75 Å². The zero-order valence-corrected chi connectivity index (χ0v) is 16.1. The molecular weight excluding hydrogens is 352 g/mol. The zero-order chi connectivity index (χ0) is 19.7. The number of carbonyl (C=O) groups is 1. The zero-order valence-electron chi connectivity index (χ0n) is 16.1. The lowest BCUT2D eigenvalue weighted by molar-refractivity contribution is -0.122. The number of nitrogens with one attached hydrogen (secondary N) is 1. The number of rotatable bonds is 5. The molecule has 2 aromatic heterocycles. The fourth-order valence-corrected chi connectivity index (χ4v) is 3.35. The standard InChI is InChI=1S/C22H22N4O2/c1-14(16-7-8-18-13-19(28-3)10-9-17(18)12-16)22(27)23-15(2)21-25-24-20-6-4-5-11-26(20)21/h4-15H,1-3H3,(H,23,27)/t14-,15-/m1/s1. The van der Waals surface area contributed by atoms with Crippen molar-refractivity contribution in [3.63, 3.8) is 0 Å². The van der Waals surface area contributed by atoms with Gasteiger partial charge in [-0.25, -0.2) is 0 Å². The minimum Gasteiger partial charge on any atom is -0.497 e. The van der Waals surface area contributed by atoms with Gasteiger partial charge in [-0.05, 0) is 54.4 Å². The number of methoxy groups -OCH3 is 1. The van der Waals surface area contributed by atoms with Crippen molar-refractivity contribution in [3.05, 3.63) is 72.2 Å². The highest BCUT2D eigenvalue weighted by Gasteiger charge is 2.21. The Morgan fingerprint density at radius 1 is 1.04 bits per heavy atom. The van der Waals surface area contributed by atoms with Gasteiger partial charge < -0.3 is 10.1 Å². The Morgan fingerprint density at radius 2 is 1.82 bits per heavy atom. The van der Waals surface area contributed by atoms with Crippen LogP contribution in [0, 0.1) is 0 Å². The van der Waals surface area contributed by atoms with Crippen molar-refractivity contribution in [1.29, 1.82) is 0 Å². The van der Waals surface area contributed by atoms with E-state index in [1.54, 1.807) is 7.11 Å². The van der Waals surface area contributed by atoms with Gasteiger partial charge in [-0.1, -0.05) is 30.3 Å². The van der Waals surface area contributed by atoms with Crippen LogP contribution in [0.15, 0.2) is 60.8 Å². The quantitative estimate of drug-likeness (QED) is 0.576. The third-order valence-electron chi connectivity index (χ3n) is 5.05. The average molecular weight is 374 g/mol. The summed E-state index contributed by atoms with van der Waals surface area (Å²) in [6.07, 6.45) is 1.90. The van der Waals surface area contributed by atoms with Crippen LogP contribution in [0.2, 0.25) is 0 Å². The van der Waals surface area contributed by atoms with Crippen LogP contribution < -0.4 is 10.1 Å². The Hall–Kier alpha value is -3.41. The molecule has 4 rings (SSSR count). The second kappa shape index (κ2) is 7.31. The van der Waals surface area contributed by atoms with Gasteiger partial charge in [0.05, 0.1) is 19.1 Å². The van der Waals surface area contributed by atoms with Crippen molar-refractivity contribution in [2.24, 2.45) is 0 Å². The van der Waals surface area contributed by atoms with Gasteiger partial charge in [-0.3, -0.25) is 9.20 Å². The predicted octanol–water partition coefficient (Wildman–Crippen LogP) is 3.87. The normalized spacial score (nSPS) is 13.4. The predicted molar refractivity (Wildman–Crippen MR) is 108 cm³/mol. The molecule has 0 aliphatic rings. The highest BCUT2D eigenvalue weighted by Crippen LogP contribution is 2.25. The lowest BCUT2D eigenvalue weighted by Crippen LogP contribution is -2.31. The maximum absolute atomic E-state index is 12.8. The van der Waals surface area contributed by atoms with E-state index >= 15 is 0 Å². The molecule has 1 N–H and O–H groups in total. The topological polar surface area (TPSA) is 68.5 Å². The van der Waals surface area contributed by atoms with Gasteiger partial charge in [0.2, 0.25) is 5.91 Å². The number of carbonyl (C=O) groups excluding carboxylic acids is 1. The van der Waals surface area contributed by atoms with Crippen LogP contribution in [0.1, 0.15) is 37.2 Å². The summed E-state index contributed by atoms with van der Waals surface area (Å²) in [5, 5.41) is 13.6. The third-order valence-corrected chi connectivity index (χ3v) is 5.05. The van der Waals surface area contributed by atoms with Crippen LogP contribution in [0.25, 0.3) is 16.4 Å². The Kier molecular flexibility index (Phi) is 4.69. The molecular formula is C22H22N4O2. The second-order valence-corrected chi connectivity index (χ2v) is 6.91. The molecule has 0 radical (unpaired) electrons. The molecule has 2 aromatic carbocycles. The van der Waals surface area contributed by atoms with E-state index in [9.17, 15) is 4.79 Å². The smallest absolute Gasteiger partial charge is 0.227 e. The van der Waals surface area contributed by atoms with Crippen LogP contribution in [-0.4, -0.2) is 27.6 Å². The number of amides is 1. The van der Waals surface area contributed by atoms with E-state index in [0.717, 1.165) is 27.7 Å². The van der Waals surface area contributed by atoms with Crippen LogP contribution in [0.3, 0.4) is 0 Å². The molecule has 2 atom stereocenters. The largest absolute Gasteiger partial charge is 0.497 e. The minimum atomic E-state index is -0.284. The first-order valence-corrected chi connectivity index (χ1v) is 9.24. The highest BCUT2D eigenvalue weighted by molar-refractivity contribution is 5.88. The van der Waals surface area contributed by atoms with Gasteiger partial charge in [-0.15, -0.1) is 10.2 Å².